The number of aromatic nitrogens is 1. The van der Waals surface area contributed by atoms with Gasteiger partial charge in [0.15, 0.2) is 0 Å². The number of rotatable bonds is 2. The normalized spacial score (nSPS) is 18.5. The molecule has 19 heavy (non-hydrogen) atoms. The standard InChI is InChI=1S/C12H12ClFN2O3/c1-19-12(18)7-2-3-16(6-7)11(17)9-4-8(14)5-15-10(9)13/h4-5,7H,2-3,6H2,1H3. The lowest BCUT2D eigenvalue weighted by atomic mass is 10.1. The van der Waals surface area contributed by atoms with Crippen molar-refractivity contribution in [3.8, 4) is 0 Å². The van der Waals surface area contributed by atoms with E-state index in [4.69, 9.17) is 11.6 Å². The van der Waals surface area contributed by atoms with E-state index >= 15 is 0 Å². The summed E-state index contributed by atoms with van der Waals surface area (Å²) in [6, 6.07) is 1.04. The van der Waals surface area contributed by atoms with Crippen LogP contribution in [0.15, 0.2) is 12.3 Å². The predicted molar refractivity (Wildman–Crippen MR) is 65.2 cm³/mol. The van der Waals surface area contributed by atoms with Gasteiger partial charge in [0.1, 0.15) is 11.0 Å². The lowest BCUT2D eigenvalue weighted by Gasteiger charge is -2.16. The molecule has 1 aliphatic rings. The minimum atomic E-state index is -0.628. The zero-order valence-electron chi connectivity index (χ0n) is 10.2. The van der Waals surface area contributed by atoms with Crippen molar-refractivity contribution in [3.63, 3.8) is 0 Å². The van der Waals surface area contributed by atoms with E-state index in [2.05, 4.69) is 9.72 Å². The van der Waals surface area contributed by atoms with Gasteiger partial charge < -0.3 is 9.64 Å². The highest BCUT2D eigenvalue weighted by Gasteiger charge is 2.33. The molecule has 0 saturated carbocycles. The number of carbonyl (C=O) groups excluding carboxylic acids is 2. The number of amides is 1. The van der Waals surface area contributed by atoms with Crippen molar-refractivity contribution in [2.24, 2.45) is 5.92 Å². The number of halogens is 2. The second-order valence-electron chi connectivity index (χ2n) is 4.25. The molecule has 5 nitrogen and oxygen atoms in total. The highest BCUT2D eigenvalue weighted by Crippen LogP contribution is 2.22. The Bertz CT molecular complexity index is 524. The molecule has 2 heterocycles. The lowest BCUT2D eigenvalue weighted by Crippen LogP contribution is -2.30. The molecular formula is C12H12ClFN2O3. The van der Waals surface area contributed by atoms with Crippen LogP contribution in [0.4, 0.5) is 4.39 Å². The summed E-state index contributed by atoms with van der Waals surface area (Å²) in [6.07, 6.45) is 1.47. The fraction of sp³-hybridized carbons (Fsp3) is 0.417. The number of ether oxygens (including phenoxy) is 1. The number of likely N-dealkylation sites (tertiary alicyclic amines) is 1. The predicted octanol–water partition coefficient (Wildman–Crippen LogP) is 1.51. The average molecular weight is 287 g/mol. The Morgan fingerprint density at radius 3 is 3.00 bits per heavy atom. The van der Waals surface area contributed by atoms with Crippen LogP contribution in [0.25, 0.3) is 0 Å². The smallest absolute Gasteiger partial charge is 0.310 e. The molecule has 0 aliphatic carbocycles. The molecule has 0 spiro atoms. The molecule has 1 aliphatic heterocycles. The summed E-state index contributed by atoms with van der Waals surface area (Å²) in [5.74, 6) is -1.74. The van der Waals surface area contributed by atoms with Crippen LogP contribution in [0.3, 0.4) is 0 Å². The highest BCUT2D eigenvalue weighted by molar-refractivity contribution is 6.32. The largest absolute Gasteiger partial charge is 0.469 e. The van der Waals surface area contributed by atoms with E-state index in [0.717, 1.165) is 12.3 Å². The Morgan fingerprint density at radius 2 is 2.32 bits per heavy atom. The summed E-state index contributed by atoms with van der Waals surface area (Å²) in [5.41, 5.74) is 0.00665. The van der Waals surface area contributed by atoms with E-state index in [-0.39, 0.29) is 29.1 Å². The van der Waals surface area contributed by atoms with Crippen molar-refractivity contribution in [1.29, 1.82) is 0 Å². The molecule has 1 fully saturated rings. The summed E-state index contributed by atoms with van der Waals surface area (Å²) in [4.78, 5) is 28.6. The first-order valence-corrected chi connectivity index (χ1v) is 6.09. The maximum atomic E-state index is 13.1. The Morgan fingerprint density at radius 1 is 1.58 bits per heavy atom. The number of esters is 1. The Labute approximate surface area is 114 Å². The van der Waals surface area contributed by atoms with Gasteiger partial charge in [-0.25, -0.2) is 9.37 Å². The molecule has 1 aromatic heterocycles. The fourth-order valence-corrected chi connectivity index (χ4v) is 2.23. The van der Waals surface area contributed by atoms with E-state index in [1.54, 1.807) is 0 Å². The fourth-order valence-electron chi connectivity index (χ4n) is 2.05. The van der Waals surface area contributed by atoms with Crippen molar-refractivity contribution in [2.75, 3.05) is 20.2 Å². The van der Waals surface area contributed by atoms with Crippen molar-refractivity contribution >= 4 is 23.5 Å². The van der Waals surface area contributed by atoms with Gasteiger partial charge in [-0.15, -0.1) is 0 Å². The van der Waals surface area contributed by atoms with E-state index in [9.17, 15) is 14.0 Å². The molecule has 2 rings (SSSR count). The third-order valence-electron chi connectivity index (χ3n) is 3.05. The first-order valence-electron chi connectivity index (χ1n) is 5.71. The number of carbonyl (C=O) groups is 2. The topological polar surface area (TPSA) is 59.5 Å². The van der Waals surface area contributed by atoms with Crippen LogP contribution in [-0.4, -0.2) is 42.0 Å². The summed E-state index contributed by atoms with van der Waals surface area (Å²) in [7, 11) is 1.31. The van der Waals surface area contributed by atoms with Crippen molar-refractivity contribution in [2.45, 2.75) is 6.42 Å². The summed E-state index contributed by atoms with van der Waals surface area (Å²) in [6.45, 7) is 0.657. The molecule has 0 aromatic carbocycles. The highest BCUT2D eigenvalue weighted by atomic mass is 35.5. The number of pyridine rings is 1. The van der Waals surface area contributed by atoms with Crippen LogP contribution in [-0.2, 0) is 9.53 Å². The third kappa shape index (κ3) is 2.84. The van der Waals surface area contributed by atoms with Gasteiger partial charge in [-0.05, 0) is 12.5 Å². The maximum absolute atomic E-state index is 13.1. The minimum Gasteiger partial charge on any atom is -0.469 e. The van der Waals surface area contributed by atoms with E-state index in [1.807, 2.05) is 0 Å². The maximum Gasteiger partial charge on any atom is 0.310 e. The quantitative estimate of drug-likeness (QED) is 0.611. The van der Waals surface area contributed by atoms with E-state index in [1.165, 1.54) is 12.0 Å². The molecule has 0 radical (unpaired) electrons. The lowest BCUT2D eigenvalue weighted by molar-refractivity contribution is -0.144. The summed E-state index contributed by atoms with van der Waals surface area (Å²) in [5, 5.41) is -0.0482. The minimum absolute atomic E-state index is 0.00665. The molecule has 1 amide bonds. The van der Waals surface area contributed by atoms with Crippen LogP contribution in [0.1, 0.15) is 16.8 Å². The molecule has 0 bridgehead atoms. The number of methoxy groups -OCH3 is 1. The first kappa shape index (κ1) is 13.7. The third-order valence-corrected chi connectivity index (χ3v) is 3.35. The van der Waals surface area contributed by atoms with Crippen LogP contribution >= 0.6 is 11.6 Å². The van der Waals surface area contributed by atoms with Crippen LogP contribution in [0.5, 0.6) is 0 Å². The number of hydrogen-bond acceptors (Lipinski definition) is 4. The molecule has 1 atom stereocenters. The van der Waals surface area contributed by atoms with Gasteiger partial charge in [0.05, 0.1) is 24.8 Å². The zero-order valence-corrected chi connectivity index (χ0v) is 11.0. The monoisotopic (exact) mass is 286 g/mol. The summed E-state index contributed by atoms with van der Waals surface area (Å²) < 4.78 is 17.7. The van der Waals surface area contributed by atoms with Crippen molar-refractivity contribution in [3.05, 3.63) is 28.8 Å². The molecule has 1 aromatic rings. The molecule has 7 heteroatoms. The van der Waals surface area contributed by atoms with Gasteiger partial charge in [0.25, 0.3) is 5.91 Å². The van der Waals surface area contributed by atoms with Gasteiger partial charge in [-0.2, -0.15) is 0 Å². The van der Waals surface area contributed by atoms with Crippen molar-refractivity contribution in [1.82, 2.24) is 9.88 Å². The first-order chi connectivity index (χ1) is 9.02. The SMILES string of the molecule is COC(=O)C1CCN(C(=O)c2cc(F)cnc2Cl)C1. The Hall–Kier alpha value is -1.69. The van der Waals surface area contributed by atoms with Crippen LogP contribution in [0.2, 0.25) is 5.15 Å². The van der Waals surface area contributed by atoms with Crippen LogP contribution in [0, 0.1) is 11.7 Å². The number of hydrogen-bond donors (Lipinski definition) is 0. The number of nitrogens with zero attached hydrogens (tertiary/aromatic N) is 2. The van der Waals surface area contributed by atoms with Gasteiger partial charge in [-0.1, -0.05) is 11.6 Å². The zero-order chi connectivity index (χ0) is 14.0. The van der Waals surface area contributed by atoms with Gasteiger partial charge in [-0.3, -0.25) is 9.59 Å². The molecule has 0 N–H and O–H groups in total. The second kappa shape index (κ2) is 5.52. The molecule has 1 unspecified atom stereocenters. The Kier molecular flexibility index (Phi) is 3.99. The van der Waals surface area contributed by atoms with Gasteiger partial charge in [0.2, 0.25) is 0 Å². The molecule has 102 valence electrons. The van der Waals surface area contributed by atoms with E-state index < -0.39 is 11.7 Å². The van der Waals surface area contributed by atoms with E-state index in [0.29, 0.717) is 13.0 Å². The Balaban J connectivity index is 2.13. The van der Waals surface area contributed by atoms with Crippen LogP contribution < -0.4 is 0 Å². The van der Waals surface area contributed by atoms with Crippen molar-refractivity contribution < 1.29 is 18.7 Å². The van der Waals surface area contributed by atoms with Gasteiger partial charge in [0, 0.05) is 13.1 Å². The second-order valence-corrected chi connectivity index (χ2v) is 4.61. The average Bonchev–Trinajstić information content (AvgIpc) is 2.89. The van der Waals surface area contributed by atoms with Gasteiger partial charge >= 0.3 is 5.97 Å². The summed E-state index contributed by atoms with van der Waals surface area (Å²) >= 11 is 5.78. The molecule has 1 saturated heterocycles. The molecular weight excluding hydrogens is 275 g/mol.